The topological polar surface area (TPSA) is 110 Å². The number of esters is 1. The fourth-order valence-corrected chi connectivity index (χ4v) is 3.90. The van der Waals surface area contributed by atoms with E-state index in [9.17, 15) is 22.8 Å². The second-order valence-electron chi connectivity index (χ2n) is 8.45. The van der Waals surface area contributed by atoms with E-state index in [1.165, 1.54) is 55.8 Å². The van der Waals surface area contributed by atoms with Gasteiger partial charge in [-0.3, -0.25) is 4.79 Å². The number of carbonyl (C=O) groups excluding carboxylic acids is 1. The summed E-state index contributed by atoms with van der Waals surface area (Å²) in [7, 11) is 5.56. The summed E-state index contributed by atoms with van der Waals surface area (Å²) in [6, 6.07) is 7.28. The third-order valence-corrected chi connectivity index (χ3v) is 5.84. The van der Waals surface area contributed by atoms with Crippen LogP contribution < -0.4 is 20.3 Å². The standard InChI is InChI=1S/C26H24F3N5O5/c1-14-6-16(26(27,28)29)13-34(14)22-21(15-7-20(24(36)39-5)23(35)33(2)12-15)11-30-25(32-22)31-17-8-18(37-3)10-19(9-17)38-4/h6-13H,1-5H3,(H,30,31,32). The molecule has 3 heterocycles. The molecule has 0 aliphatic carbocycles. The van der Waals surface area contributed by atoms with Crippen LogP contribution >= 0.6 is 0 Å². The number of aromatic nitrogens is 4. The van der Waals surface area contributed by atoms with Crippen LogP contribution in [0.3, 0.4) is 0 Å². The van der Waals surface area contributed by atoms with Crippen molar-refractivity contribution in [1.82, 2.24) is 19.1 Å². The highest BCUT2D eigenvalue weighted by atomic mass is 19.4. The number of hydrogen-bond donors (Lipinski definition) is 1. The van der Waals surface area contributed by atoms with Gasteiger partial charge < -0.3 is 28.7 Å². The molecule has 0 saturated heterocycles. The first-order chi connectivity index (χ1) is 18.4. The molecule has 0 spiro atoms. The molecule has 1 aromatic carbocycles. The van der Waals surface area contributed by atoms with Gasteiger partial charge in [-0.1, -0.05) is 0 Å². The normalized spacial score (nSPS) is 11.3. The van der Waals surface area contributed by atoms with Crippen molar-refractivity contribution in [2.75, 3.05) is 26.6 Å². The third kappa shape index (κ3) is 5.56. The van der Waals surface area contributed by atoms with Gasteiger partial charge in [0.2, 0.25) is 5.95 Å². The number of ether oxygens (including phenoxy) is 3. The van der Waals surface area contributed by atoms with E-state index in [0.717, 1.165) is 19.4 Å². The zero-order chi connectivity index (χ0) is 28.5. The quantitative estimate of drug-likeness (QED) is 0.339. The van der Waals surface area contributed by atoms with Crippen molar-refractivity contribution >= 4 is 17.6 Å². The number of pyridine rings is 1. The Kier molecular flexibility index (Phi) is 7.34. The number of alkyl halides is 3. The van der Waals surface area contributed by atoms with Gasteiger partial charge >= 0.3 is 12.1 Å². The van der Waals surface area contributed by atoms with Crippen LogP contribution in [0, 0.1) is 6.92 Å². The molecule has 39 heavy (non-hydrogen) atoms. The maximum atomic E-state index is 13.5. The van der Waals surface area contributed by atoms with E-state index in [4.69, 9.17) is 14.2 Å². The molecule has 4 rings (SSSR count). The predicted octanol–water partition coefficient (Wildman–Crippen LogP) is 4.51. The van der Waals surface area contributed by atoms with E-state index < -0.39 is 23.3 Å². The number of hydrogen-bond acceptors (Lipinski definition) is 8. The Labute approximate surface area is 220 Å². The zero-order valence-electron chi connectivity index (χ0n) is 21.6. The predicted molar refractivity (Wildman–Crippen MR) is 136 cm³/mol. The average molecular weight is 544 g/mol. The minimum absolute atomic E-state index is 0.0590. The Morgan fingerprint density at radius 2 is 1.67 bits per heavy atom. The number of aryl methyl sites for hydroxylation is 2. The Balaban J connectivity index is 1.92. The van der Waals surface area contributed by atoms with Crippen molar-refractivity contribution in [2.24, 2.45) is 7.05 Å². The van der Waals surface area contributed by atoms with Gasteiger partial charge in [-0.2, -0.15) is 18.2 Å². The van der Waals surface area contributed by atoms with Crippen molar-refractivity contribution in [3.63, 3.8) is 0 Å². The van der Waals surface area contributed by atoms with E-state index in [2.05, 4.69) is 15.3 Å². The fourth-order valence-electron chi connectivity index (χ4n) is 3.90. The molecule has 10 nitrogen and oxygen atoms in total. The molecule has 0 bridgehead atoms. The lowest BCUT2D eigenvalue weighted by Crippen LogP contribution is -2.25. The summed E-state index contributed by atoms with van der Waals surface area (Å²) in [4.78, 5) is 33.6. The van der Waals surface area contributed by atoms with Gasteiger partial charge in [0, 0.05) is 66.3 Å². The van der Waals surface area contributed by atoms with Crippen molar-refractivity contribution in [1.29, 1.82) is 0 Å². The second kappa shape index (κ2) is 10.5. The lowest BCUT2D eigenvalue weighted by Gasteiger charge is -2.15. The van der Waals surface area contributed by atoms with Crippen LogP contribution in [0.15, 0.2) is 53.7 Å². The summed E-state index contributed by atoms with van der Waals surface area (Å²) < 4.78 is 58.3. The van der Waals surface area contributed by atoms with Crippen LogP contribution in [0.2, 0.25) is 0 Å². The summed E-state index contributed by atoms with van der Waals surface area (Å²) in [6.45, 7) is 1.50. The number of nitrogens with one attached hydrogen (secondary N) is 1. The van der Waals surface area contributed by atoms with Crippen LogP contribution in [0.5, 0.6) is 11.5 Å². The van der Waals surface area contributed by atoms with Crippen LogP contribution in [-0.4, -0.2) is 46.4 Å². The minimum Gasteiger partial charge on any atom is -0.497 e. The van der Waals surface area contributed by atoms with Gasteiger partial charge in [-0.15, -0.1) is 0 Å². The van der Waals surface area contributed by atoms with Gasteiger partial charge in [-0.25, -0.2) is 9.78 Å². The van der Waals surface area contributed by atoms with Gasteiger partial charge in [0.15, 0.2) is 0 Å². The Morgan fingerprint density at radius 1 is 1.00 bits per heavy atom. The molecular formula is C26H24F3N5O5. The van der Waals surface area contributed by atoms with Gasteiger partial charge in [0.05, 0.1) is 26.9 Å². The molecule has 0 unspecified atom stereocenters. The summed E-state index contributed by atoms with van der Waals surface area (Å²) >= 11 is 0. The van der Waals surface area contributed by atoms with Crippen LogP contribution in [-0.2, 0) is 18.0 Å². The molecule has 1 N–H and O–H groups in total. The molecule has 0 saturated carbocycles. The molecule has 0 atom stereocenters. The van der Waals surface area contributed by atoms with Crippen molar-refractivity contribution in [2.45, 2.75) is 13.1 Å². The highest BCUT2D eigenvalue weighted by Gasteiger charge is 2.33. The number of nitrogens with zero attached hydrogens (tertiary/aromatic N) is 4. The average Bonchev–Trinajstić information content (AvgIpc) is 3.31. The number of methoxy groups -OCH3 is 3. The minimum atomic E-state index is -4.59. The lowest BCUT2D eigenvalue weighted by atomic mass is 10.1. The first-order valence-corrected chi connectivity index (χ1v) is 11.4. The number of benzene rings is 1. The number of carbonyl (C=O) groups is 1. The van der Waals surface area contributed by atoms with E-state index in [-0.39, 0.29) is 28.6 Å². The summed E-state index contributed by atoms with van der Waals surface area (Å²) in [5.41, 5.74) is -0.410. The number of anilines is 2. The second-order valence-corrected chi connectivity index (χ2v) is 8.45. The number of halogens is 3. The molecule has 3 aromatic heterocycles. The maximum Gasteiger partial charge on any atom is 0.417 e. The molecule has 0 fully saturated rings. The molecule has 204 valence electrons. The molecule has 13 heteroatoms. The maximum absolute atomic E-state index is 13.5. The molecule has 0 amide bonds. The Bertz CT molecular complexity index is 1590. The van der Waals surface area contributed by atoms with Gasteiger partial charge in [0.1, 0.15) is 22.9 Å². The first kappa shape index (κ1) is 27.2. The molecule has 0 aliphatic heterocycles. The third-order valence-electron chi connectivity index (χ3n) is 5.84. The van der Waals surface area contributed by atoms with E-state index >= 15 is 0 Å². The van der Waals surface area contributed by atoms with E-state index in [0.29, 0.717) is 22.7 Å². The molecule has 4 aromatic rings. The molecule has 0 radical (unpaired) electrons. The van der Waals surface area contributed by atoms with Crippen molar-refractivity contribution in [3.05, 3.63) is 76.1 Å². The largest absolute Gasteiger partial charge is 0.497 e. The van der Waals surface area contributed by atoms with Crippen LogP contribution in [0.4, 0.5) is 24.8 Å². The fraction of sp³-hybridized carbons (Fsp3) is 0.231. The Morgan fingerprint density at radius 3 is 2.23 bits per heavy atom. The number of rotatable bonds is 7. The van der Waals surface area contributed by atoms with Crippen molar-refractivity contribution < 1.29 is 32.2 Å². The first-order valence-electron chi connectivity index (χ1n) is 11.4. The summed E-state index contributed by atoms with van der Waals surface area (Å²) in [6.07, 6.45) is -0.852. The highest BCUT2D eigenvalue weighted by molar-refractivity contribution is 5.90. The van der Waals surface area contributed by atoms with Crippen LogP contribution in [0.25, 0.3) is 16.9 Å². The highest BCUT2D eigenvalue weighted by Crippen LogP contribution is 2.34. The SMILES string of the molecule is COC(=O)c1cc(-c2cnc(Nc3cc(OC)cc(OC)c3)nc2-n2cc(C(F)(F)F)cc2C)cn(C)c1=O. The monoisotopic (exact) mass is 543 g/mol. The zero-order valence-corrected chi connectivity index (χ0v) is 21.6. The molecular weight excluding hydrogens is 519 g/mol. The van der Waals surface area contributed by atoms with E-state index in [1.807, 2.05) is 0 Å². The van der Waals surface area contributed by atoms with Crippen LogP contribution in [0.1, 0.15) is 21.6 Å². The van der Waals surface area contributed by atoms with Crippen molar-refractivity contribution in [3.8, 4) is 28.4 Å². The van der Waals surface area contributed by atoms with Gasteiger partial charge in [-0.05, 0) is 19.1 Å². The Hall–Kier alpha value is -4.81. The molecule has 0 aliphatic rings. The summed E-state index contributed by atoms with van der Waals surface area (Å²) in [5, 5.41) is 3.01. The summed E-state index contributed by atoms with van der Waals surface area (Å²) in [5.74, 6) is 0.255. The van der Waals surface area contributed by atoms with Gasteiger partial charge in [0.25, 0.3) is 5.56 Å². The lowest BCUT2D eigenvalue weighted by molar-refractivity contribution is -0.137. The van der Waals surface area contributed by atoms with E-state index in [1.54, 1.807) is 18.2 Å². The smallest absolute Gasteiger partial charge is 0.417 e.